The summed E-state index contributed by atoms with van der Waals surface area (Å²) in [5, 5.41) is 4.20. The largest absolute Gasteiger partial charge is 0.352 e. The summed E-state index contributed by atoms with van der Waals surface area (Å²) in [6, 6.07) is 14.8. The summed E-state index contributed by atoms with van der Waals surface area (Å²) in [7, 11) is 0. The van der Waals surface area contributed by atoms with Crippen molar-refractivity contribution in [3.63, 3.8) is 0 Å². The fraction of sp³-hybridized carbons (Fsp3) is 0.273. The molecule has 1 aromatic carbocycles. The van der Waals surface area contributed by atoms with E-state index in [4.69, 9.17) is 12.2 Å². The van der Waals surface area contributed by atoms with Gasteiger partial charge < -0.3 is 14.8 Å². The van der Waals surface area contributed by atoms with Crippen LogP contribution in [0.5, 0.6) is 0 Å². The summed E-state index contributed by atoms with van der Waals surface area (Å²) in [4.78, 5) is 6.78. The van der Waals surface area contributed by atoms with Gasteiger partial charge in [-0.2, -0.15) is 0 Å². The second-order valence-electron chi connectivity index (χ2n) is 7.05. The third kappa shape index (κ3) is 3.07. The van der Waals surface area contributed by atoms with Crippen LogP contribution in [0.4, 0.5) is 4.39 Å². The Morgan fingerprint density at radius 2 is 1.89 bits per heavy atom. The Bertz CT molecular complexity index is 997. The summed E-state index contributed by atoms with van der Waals surface area (Å²) in [5.41, 5.74) is 5.35. The van der Waals surface area contributed by atoms with Crippen LogP contribution in [0.3, 0.4) is 0 Å². The Balaban J connectivity index is 1.82. The lowest BCUT2D eigenvalue weighted by molar-refractivity contribution is 0.329. The number of rotatable bonds is 4. The molecule has 1 saturated heterocycles. The monoisotopic (exact) mass is 394 g/mol. The van der Waals surface area contributed by atoms with Crippen molar-refractivity contribution in [1.82, 2.24) is 19.8 Å². The van der Waals surface area contributed by atoms with Crippen LogP contribution < -0.4 is 5.32 Å². The molecule has 1 fully saturated rings. The molecular weight excluding hydrogens is 371 g/mol. The van der Waals surface area contributed by atoms with E-state index in [0.29, 0.717) is 0 Å². The second-order valence-corrected chi connectivity index (χ2v) is 7.44. The van der Waals surface area contributed by atoms with Gasteiger partial charge in [0.05, 0.1) is 17.8 Å². The number of benzene rings is 1. The SMILES string of the molecule is CCN1C(=S)N[C@@H](c2ccccn2)[C@H]1c1cc(C)n(-c2ccc(F)cc2)c1C. The molecule has 4 nitrogen and oxygen atoms in total. The van der Waals surface area contributed by atoms with E-state index in [1.165, 1.54) is 17.7 Å². The van der Waals surface area contributed by atoms with Crippen LogP contribution >= 0.6 is 12.2 Å². The molecule has 28 heavy (non-hydrogen) atoms. The average molecular weight is 395 g/mol. The predicted octanol–water partition coefficient (Wildman–Crippen LogP) is 4.62. The molecule has 0 unspecified atom stereocenters. The van der Waals surface area contributed by atoms with Crippen molar-refractivity contribution in [2.75, 3.05) is 6.54 Å². The van der Waals surface area contributed by atoms with Crippen LogP contribution in [0.1, 0.15) is 41.7 Å². The summed E-state index contributed by atoms with van der Waals surface area (Å²) in [6.45, 7) is 7.10. The molecule has 1 aliphatic heterocycles. The van der Waals surface area contributed by atoms with Gasteiger partial charge in [0.15, 0.2) is 5.11 Å². The maximum Gasteiger partial charge on any atom is 0.170 e. The van der Waals surface area contributed by atoms with E-state index in [1.54, 1.807) is 0 Å². The first-order chi connectivity index (χ1) is 13.5. The molecule has 0 saturated carbocycles. The van der Waals surface area contributed by atoms with Gasteiger partial charge in [0, 0.05) is 29.8 Å². The zero-order valence-corrected chi connectivity index (χ0v) is 17.0. The molecule has 1 aliphatic rings. The van der Waals surface area contributed by atoms with E-state index in [-0.39, 0.29) is 17.9 Å². The summed E-state index contributed by atoms with van der Waals surface area (Å²) in [5.74, 6) is -0.232. The van der Waals surface area contributed by atoms with Crippen molar-refractivity contribution in [3.8, 4) is 5.69 Å². The molecule has 4 rings (SSSR count). The van der Waals surface area contributed by atoms with Gasteiger partial charge in [-0.3, -0.25) is 4.98 Å². The molecule has 0 amide bonds. The Morgan fingerprint density at radius 3 is 2.54 bits per heavy atom. The highest BCUT2D eigenvalue weighted by atomic mass is 32.1. The molecular formula is C22H23FN4S. The van der Waals surface area contributed by atoms with Crippen LogP contribution in [0.25, 0.3) is 5.69 Å². The number of hydrogen-bond acceptors (Lipinski definition) is 2. The Morgan fingerprint density at radius 1 is 1.14 bits per heavy atom. The Labute approximate surface area is 170 Å². The number of hydrogen-bond donors (Lipinski definition) is 1. The number of thiocarbonyl (C=S) groups is 1. The van der Waals surface area contributed by atoms with E-state index in [2.05, 4.69) is 46.6 Å². The number of aryl methyl sites for hydroxylation is 1. The van der Waals surface area contributed by atoms with Gasteiger partial charge in [-0.05, 0) is 81.0 Å². The van der Waals surface area contributed by atoms with Crippen LogP contribution in [0.2, 0.25) is 0 Å². The quantitative estimate of drug-likeness (QED) is 0.655. The molecule has 6 heteroatoms. The zero-order chi connectivity index (χ0) is 19.8. The van der Waals surface area contributed by atoms with Gasteiger partial charge >= 0.3 is 0 Å². The van der Waals surface area contributed by atoms with Crippen LogP contribution in [0, 0.1) is 19.7 Å². The van der Waals surface area contributed by atoms with E-state index in [0.717, 1.165) is 34.4 Å². The number of halogens is 1. The van der Waals surface area contributed by atoms with Crippen LogP contribution in [-0.4, -0.2) is 26.1 Å². The number of likely N-dealkylation sites (N-methyl/N-ethyl adjacent to an activating group) is 1. The van der Waals surface area contributed by atoms with Crippen LogP contribution in [-0.2, 0) is 0 Å². The van der Waals surface area contributed by atoms with Gasteiger partial charge in [0.1, 0.15) is 5.82 Å². The maximum atomic E-state index is 13.4. The summed E-state index contributed by atoms with van der Waals surface area (Å²) in [6.07, 6.45) is 1.81. The Hall–Kier alpha value is -2.73. The standard InChI is InChI=1S/C22H23FN4S/c1-4-26-21(20(25-22(26)28)19-7-5-6-12-24-19)18-13-14(2)27(15(18)3)17-10-8-16(23)9-11-17/h5-13,20-21H,4H2,1-3H3,(H,25,28)/t20-,21+/m0/s1. The minimum absolute atomic E-state index is 0.0178. The van der Waals surface area contributed by atoms with Gasteiger partial charge in [-0.1, -0.05) is 6.07 Å². The molecule has 0 spiro atoms. The van der Waals surface area contributed by atoms with Crippen LogP contribution in [0.15, 0.2) is 54.7 Å². The van der Waals surface area contributed by atoms with Gasteiger partial charge in [0.25, 0.3) is 0 Å². The van der Waals surface area contributed by atoms with Crippen molar-refractivity contribution in [3.05, 3.63) is 83.2 Å². The van der Waals surface area contributed by atoms with Crippen molar-refractivity contribution >= 4 is 17.3 Å². The topological polar surface area (TPSA) is 33.1 Å². The molecule has 0 radical (unpaired) electrons. The van der Waals surface area contributed by atoms with Gasteiger partial charge in [-0.15, -0.1) is 0 Å². The summed E-state index contributed by atoms with van der Waals surface area (Å²) >= 11 is 5.62. The third-order valence-corrected chi connectivity index (χ3v) is 5.76. The minimum atomic E-state index is -0.232. The molecule has 144 valence electrons. The first kappa shape index (κ1) is 18.6. The van der Waals surface area contributed by atoms with Crippen molar-refractivity contribution in [2.24, 2.45) is 0 Å². The minimum Gasteiger partial charge on any atom is -0.352 e. The highest BCUT2D eigenvalue weighted by molar-refractivity contribution is 7.80. The third-order valence-electron chi connectivity index (χ3n) is 5.41. The van der Waals surface area contributed by atoms with Crippen molar-refractivity contribution in [2.45, 2.75) is 32.9 Å². The number of aromatic nitrogens is 2. The number of nitrogens with zero attached hydrogens (tertiary/aromatic N) is 3. The summed E-state index contributed by atoms with van der Waals surface area (Å²) < 4.78 is 15.6. The van der Waals surface area contributed by atoms with Gasteiger partial charge in [0.2, 0.25) is 0 Å². The normalized spacial score (nSPS) is 19.1. The Kier molecular flexibility index (Phi) is 4.89. The lowest BCUT2D eigenvalue weighted by atomic mass is 9.97. The number of pyridine rings is 1. The highest BCUT2D eigenvalue weighted by Crippen LogP contribution is 2.41. The van der Waals surface area contributed by atoms with E-state index in [1.807, 2.05) is 36.5 Å². The van der Waals surface area contributed by atoms with Gasteiger partial charge in [-0.25, -0.2) is 4.39 Å². The fourth-order valence-electron chi connectivity index (χ4n) is 4.16. The molecule has 2 atom stereocenters. The molecule has 3 aromatic rings. The van der Waals surface area contributed by atoms with E-state index < -0.39 is 0 Å². The van der Waals surface area contributed by atoms with E-state index >= 15 is 0 Å². The lowest BCUT2D eigenvalue weighted by Gasteiger charge is -2.27. The molecule has 0 bridgehead atoms. The molecule has 1 N–H and O–H groups in total. The maximum absolute atomic E-state index is 13.4. The fourth-order valence-corrected chi connectivity index (χ4v) is 4.53. The molecule has 3 heterocycles. The van der Waals surface area contributed by atoms with Crippen molar-refractivity contribution in [1.29, 1.82) is 0 Å². The predicted molar refractivity (Wildman–Crippen MR) is 113 cm³/mol. The lowest BCUT2D eigenvalue weighted by Crippen LogP contribution is -2.29. The highest BCUT2D eigenvalue weighted by Gasteiger charge is 2.40. The van der Waals surface area contributed by atoms with Crippen molar-refractivity contribution < 1.29 is 4.39 Å². The van der Waals surface area contributed by atoms with E-state index in [9.17, 15) is 4.39 Å². The zero-order valence-electron chi connectivity index (χ0n) is 16.2. The number of nitrogens with one attached hydrogen (secondary N) is 1. The second kappa shape index (κ2) is 7.36. The molecule has 2 aromatic heterocycles. The first-order valence-electron chi connectivity index (χ1n) is 9.44. The average Bonchev–Trinajstić information content (AvgIpc) is 3.18. The first-order valence-corrected chi connectivity index (χ1v) is 9.85. The molecule has 0 aliphatic carbocycles. The smallest absolute Gasteiger partial charge is 0.170 e.